The summed E-state index contributed by atoms with van der Waals surface area (Å²) in [6.07, 6.45) is 1.78. The van der Waals surface area contributed by atoms with Crippen LogP contribution in [0.5, 0.6) is 0 Å². The summed E-state index contributed by atoms with van der Waals surface area (Å²) in [6, 6.07) is -0.636. The van der Waals surface area contributed by atoms with E-state index in [1.165, 1.54) is 0 Å². The molecule has 4 amide bonds. The Morgan fingerprint density at radius 2 is 2.04 bits per heavy atom. The van der Waals surface area contributed by atoms with Gasteiger partial charge in [-0.15, -0.1) is 0 Å². The van der Waals surface area contributed by atoms with E-state index in [2.05, 4.69) is 15.5 Å². The molecule has 0 radical (unpaired) electrons. The molecular formula is C16H28N4O3. The second-order valence-corrected chi connectivity index (χ2v) is 6.63. The molecule has 0 bridgehead atoms. The molecule has 130 valence electrons. The number of amides is 4. The molecule has 7 nitrogen and oxygen atoms in total. The van der Waals surface area contributed by atoms with Gasteiger partial charge >= 0.3 is 6.03 Å². The summed E-state index contributed by atoms with van der Waals surface area (Å²) in [7, 11) is 0. The summed E-state index contributed by atoms with van der Waals surface area (Å²) in [5, 5.41) is 5.09. The number of hydrogen-bond acceptors (Lipinski definition) is 4. The molecule has 3 unspecified atom stereocenters. The fourth-order valence-corrected chi connectivity index (χ4v) is 3.63. The maximum Gasteiger partial charge on any atom is 0.322 e. The van der Waals surface area contributed by atoms with Gasteiger partial charge in [0.1, 0.15) is 5.54 Å². The lowest BCUT2D eigenvalue weighted by molar-refractivity contribution is -0.137. The monoisotopic (exact) mass is 324 g/mol. The van der Waals surface area contributed by atoms with Crippen LogP contribution in [0, 0.1) is 5.92 Å². The average Bonchev–Trinajstić information content (AvgIpc) is 2.81. The normalized spacial score (nSPS) is 29.8. The van der Waals surface area contributed by atoms with Gasteiger partial charge in [-0.3, -0.25) is 19.8 Å². The number of piperidine rings is 1. The van der Waals surface area contributed by atoms with Crippen molar-refractivity contribution in [3.8, 4) is 0 Å². The van der Waals surface area contributed by atoms with Crippen LogP contribution in [0.3, 0.4) is 0 Å². The third-order valence-electron chi connectivity index (χ3n) is 5.32. The summed E-state index contributed by atoms with van der Waals surface area (Å²) in [4.78, 5) is 40.1. The van der Waals surface area contributed by atoms with Crippen molar-refractivity contribution in [2.24, 2.45) is 5.92 Å². The van der Waals surface area contributed by atoms with Crippen LogP contribution < -0.4 is 10.6 Å². The summed E-state index contributed by atoms with van der Waals surface area (Å²) in [5.41, 5.74) is -0.881. The van der Waals surface area contributed by atoms with Gasteiger partial charge in [0.25, 0.3) is 5.91 Å². The van der Waals surface area contributed by atoms with Crippen molar-refractivity contribution in [1.82, 2.24) is 20.4 Å². The minimum absolute atomic E-state index is 0.00894. The number of carbonyl (C=O) groups is 3. The molecule has 0 aromatic heterocycles. The lowest BCUT2D eigenvalue weighted by atomic mass is 9.79. The molecule has 2 fully saturated rings. The van der Waals surface area contributed by atoms with Gasteiger partial charge in [0.2, 0.25) is 5.91 Å². The Kier molecular flexibility index (Phi) is 5.29. The van der Waals surface area contributed by atoms with Crippen molar-refractivity contribution in [2.75, 3.05) is 26.2 Å². The molecule has 0 saturated carbocycles. The number of rotatable bonds is 5. The Morgan fingerprint density at radius 1 is 1.39 bits per heavy atom. The Morgan fingerprint density at radius 3 is 2.57 bits per heavy atom. The van der Waals surface area contributed by atoms with Crippen LogP contribution in [-0.2, 0) is 9.59 Å². The number of likely N-dealkylation sites (N-methyl/N-ethyl adjacent to an activating group) is 1. The maximum absolute atomic E-state index is 12.6. The van der Waals surface area contributed by atoms with E-state index in [4.69, 9.17) is 0 Å². The lowest BCUT2D eigenvalue weighted by Crippen LogP contribution is -2.58. The molecule has 3 atom stereocenters. The second-order valence-electron chi connectivity index (χ2n) is 6.63. The minimum atomic E-state index is -0.881. The Balaban J connectivity index is 2.07. The smallest absolute Gasteiger partial charge is 0.322 e. The number of nitrogens with one attached hydrogen (secondary N) is 2. The number of carbonyl (C=O) groups excluding carboxylic acids is 3. The van der Waals surface area contributed by atoms with Crippen LogP contribution in [0.2, 0.25) is 0 Å². The van der Waals surface area contributed by atoms with Gasteiger partial charge in [0.05, 0.1) is 6.04 Å². The van der Waals surface area contributed by atoms with Gasteiger partial charge in [0.15, 0.2) is 0 Å². The van der Waals surface area contributed by atoms with E-state index >= 15 is 0 Å². The predicted octanol–water partition coefficient (Wildman–Crippen LogP) is 0.553. The number of imide groups is 1. The summed E-state index contributed by atoms with van der Waals surface area (Å²) >= 11 is 0. The highest BCUT2D eigenvalue weighted by atomic mass is 16.2. The third-order valence-corrected chi connectivity index (χ3v) is 5.32. The van der Waals surface area contributed by atoms with Crippen molar-refractivity contribution in [3.05, 3.63) is 0 Å². The standard InChI is InChI=1S/C16H28N4O3/c1-5-19(6-2)13(21)11(3)20-9-7-8-12(10-20)16(4)14(22)17-15(23)18-16/h11-12H,5-10H2,1-4H3,(H2,17,18,22,23). The van der Waals surface area contributed by atoms with Crippen LogP contribution in [0.15, 0.2) is 0 Å². The van der Waals surface area contributed by atoms with Crippen LogP contribution >= 0.6 is 0 Å². The van der Waals surface area contributed by atoms with E-state index in [0.29, 0.717) is 19.6 Å². The van der Waals surface area contributed by atoms with Crippen molar-refractivity contribution in [2.45, 2.75) is 52.1 Å². The summed E-state index contributed by atoms with van der Waals surface area (Å²) in [6.45, 7) is 10.5. The fraction of sp³-hybridized carbons (Fsp3) is 0.812. The van der Waals surface area contributed by atoms with E-state index in [0.717, 1.165) is 19.4 Å². The molecule has 2 aliphatic heterocycles. The van der Waals surface area contributed by atoms with E-state index in [1.807, 2.05) is 25.7 Å². The topological polar surface area (TPSA) is 81.8 Å². The number of nitrogens with zero attached hydrogens (tertiary/aromatic N) is 2. The largest absolute Gasteiger partial charge is 0.342 e. The molecular weight excluding hydrogens is 296 g/mol. The molecule has 2 rings (SSSR count). The van der Waals surface area contributed by atoms with E-state index in [1.54, 1.807) is 6.92 Å². The number of likely N-dealkylation sites (tertiary alicyclic amines) is 1. The van der Waals surface area contributed by atoms with Gasteiger partial charge < -0.3 is 10.2 Å². The molecule has 0 aliphatic carbocycles. The van der Waals surface area contributed by atoms with E-state index < -0.39 is 11.6 Å². The highest BCUT2D eigenvalue weighted by Crippen LogP contribution is 2.30. The first-order valence-corrected chi connectivity index (χ1v) is 8.49. The van der Waals surface area contributed by atoms with Gasteiger partial charge in [-0.05, 0) is 47.1 Å². The zero-order valence-electron chi connectivity index (χ0n) is 14.5. The average molecular weight is 324 g/mol. The first-order chi connectivity index (χ1) is 10.8. The molecule has 0 aromatic rings. The first-order valence-electron chi connectivity index (χ1n) is 8.49. The molecule has 0 aromatic carbocycles. The third kappa shape index (κ3) is 3.34. The summed E-state index contributed by atoms with van der Waals surface area (Å²) in [5.74, 6) is -0.132. The predicted molar refractivity (Wildman–Crippen MR) is 86.8 cm³/mol. The van der Waals surface area contributed by atoms with Gasteiger partial charge in [-0.1, -0.05) is 0 Å². The second kappa shape index (κ2) is 6.86. The molecule has 2 heterocycles. The number of hydrogen-bond donors (Lipinski definition) is 2. The zero-order valence-corrected chi connectivity index (χ0v) is 14.5. The van der Waals surface area contributed by atoms with E-state index in [-0.39, 0.29) is 23.8 Å². The highest BCUT2D eigenvalue weighted by molar-refractivity contribution is 6.07. The van der Waals surface area contributed by atoms with Crippen LogP contribution in [0.4, 0.5) is 4.79 Å². The SMILES string of the molecule is CCN(CC)C(=O)C(C)N1CCCC(C2(C)NC(=O)NC2=O)C1. The Bertz CT molecular complexity index is 492. The molecule has 2 aliphatic rings. The lowest BCUT2D eigenvalue weighted by Gasteiger charge is -2.42. The minimum Gasteiger partial charge on any atom is -0.342 e. The van der Waals surface area contributed by atoms with Crippen LogP contribution in [0.25, 0.3) is 0 Å². The Labute approximate surface area is 137 Å². The van der Waals surface area contributed by atoms with Gasteiger partial charge in [-0.25, -0.2) is 4.79 Å². The van der Waals surface area contributed by atoms with Crippen molar-refractivity contribution in [3.63, 3.8) is 0 Å². The molecule has 7 heteroatoms. The zero-order chi connectivity index (χ0) is 17.2. The van der Waals surface area contributed by atoms with Gasteiger partial charge in [0, 0.05) is 25.6 Å². The van der Waals surface area contributed by atoms with Gasteiger partial charge in [-0.2, -0.15) is 0 Å². The van der Waals surface area contributed by atoms with Crippen molar-refractivity contribution < 1.29 is 14.4 Å². The molecule has 2 saturated heterocycles. The summed E-state index contributed by atoms with van der Waals surface area (Å²) < 4.78 is 0. The van der Waals surface area contributed by atoms with Crippen molar-refractivity contribution in [1.29, 1.82) is 0 Å². The first kappa shape index (κ1) is 17.7. The van der Waals surface area contributed by atoms with Crippen molar-refractivity contribution >= 4 is 17.8 Å². The number of urea groups is 1. The molecule has 0 spiro atoms. The van der Waals surface area contributed by atoms with Crippen LogP contribution in [-0.4, -0.2) is 65.4 Å². The Hall–Kier alpha value is -1.63. The fourth-order valence-electron chi connectivity index (χ4n) is 3.63. The highest BCUT2D eigenvalue weighted by Gasteiger charge is 2.49. The van der Waals surface area contributed by atoms with E-state index in [9.17, 15) is 14.4 Å². The maximum atomic E-state index is 12.6. The molecule has 23 heavy (non-hydrogen) atoms. The van der Waals surface area contributed by atoms with Crippen LogP contribution in [0.1, 0.15) is 40.5 Å². The molecule has 2 N–H and O–H groups in total. The quantitative estimate of drug-likeness (QED) is 0.724.